The second-order valence-corrected chi connectivity index (χ2v) is 7.73. The van der Waals surface area contributed by atoms with Crippen LogP contribution in [0.4, 0.5) is 0 Å². The summed E-state index contributed by atoms with van der Waals surface area (Å²) in [6.07, 6.45) is 4.93. The monoisotopic (exact) mass is 346 g/mol. The maximum absolute atomic E-state index is 12.4. The van der Waals surface area contributed by atoms with Gasteiger partial charge in [0, 0.05) is 5.02 Å². The number of rotatable bonds is 4. The van der Waals surface area contributed by atoms with E-state index in [0.29, 0.717) is 0 Å². The predicted molar refractivity (Wildman–Crippen MR) is 82.8 cm³/mol. The van der Waals surface area contributed by atoms with Crippen LogP contribution in [0.25, 0.3) is 0 Å². The molecule has 1 aliphatic rings. The van der Waals surface area contributed by atoms with Crippen LogP contribution in [0, 0.1) is 17.2 Å². The first-order valence-electron chi connectivity index (χ1n) is 6.81. The Balaban J connectivity index is 2.23. The maximum atomic E-state index is 12.4. The van der Waals surface area contributed by atoms with Crippen molar-refractivity contribution < 1.29 is 8.42 Å². The summed E-state index contributed by atoms with van der Waals surface area (Å²) in [5.74, 6) is 0.0523. The molecule has 0 spiro atoms. The molecule has 1 unspecified atom stereocenters. The van der Waals surface area contributed by atoms with E-state index < -0.39 is 16.1 Å². The third kappa shape index (κ3) is 4.10. The van der Waals surface area contributed by atoms with Crippen molar-refractivity contribution in [2.24, 2.45) is 5.92 Å². The second kappa shape index (κ2) is 6.97. The average molecular weight is 347 g/mol. The Kier molecular flexibility index (Phi) is 5.50. The molecule has 1 saturated carbocycles. The molecule has 0 aliphatic heterocycles. The van der Waals surface area contributed by atoms with E-state index in [1.165, 1.54) is 18.2 Å². The van der Waals surface area contributed by atoms with Gasteiger partial charge in [-0.15, -0.1) is 0 Å². The summed E-state index contributed by atoms with van der Waals surface area (Å²) in [5.41, 5.74) is 0. The number of sulfonamides is 1. The van der Waals surface area contributed by atoms with E-state index >= 15 is 0 Å². The summed E-state index contributed by atoms with van der Waals surface area (Å²) < 4.78 is 27.3. The molecule has 0 amide bonds. The highest BCUT2D eigenvalue weighted by molar-refractivity contribution is 7.89. The van der Waals surface area contributed by atoms with Gasteiger partial charge in [-0.25, -0.2) is 8.42 Å². The van der Waals surface area contributed by atoms with Crippen LogP contribution in [0.1, 0.15) is 32.1 Å². The van der Waals surface area contributed by atoms with Gasteiger partial charge in [0.25, 0.3) is 0 Å². The standard InChI is InChI=1S/C14H16Cl2N2O2S/c15-11-6-7-12(16)14(8-11)21(19,20)18-13(9-17)10-4-2-1-3-5-10/h6-8,10,13,18H,1-5H2. The third-order valence-electron chi connectivity index (χ3n) is 3.73. The molecule has 2 rings (SSSR count). The minimum atomic E-state index is -3.86. The number of nitrogens with zero attached hydrogens (tertiary/aromatic N) is 1. The lowest BCUT2D eigenvalue weighted by atomic mass is 9.85. The minimum Gasteiger partial charge on any atom is -0.207 e. The Morgan fingerprint density at radius 1 is 1.24 bits per heavy atom. The molecule has 1 N–H and O–H groups in total. The Morgan fingerprint density at radius 3 is 2.52 bits per heavy atom. The molecule has 1 atom stereocenters. The fraction of sp³-hybridized carbons (Fsp3) is 0.500. The van der Waals surface area contributed by atoms with Crippen LogP contribution in [0.5, 0.6) is 0 Å². The highest BCUT2D eigenvalue weighted by Gasteiger charge is 2.29. The van der Waals surface area contributed by atoms with Crippen molar-refractivity contribution in [1.29, 1.82) is 5.26 Å². The van der Waals surface area contributed by atoms with Crippen LogP contribution >= 0.6 is 23.2 Å². The van der Waals surface area contributed by atoms with Gasteiger partial charge in [0.2, 0.25) is 10.0 Å². The Hall–Kier alpha value is -0.800. The molecule has 0 bridgehead atoms. The van der Waals surface area contributed by atoms with Gasteiger partial charge in [0.15, 0.2) is 0 Å². The van der Waals surface area contributed by atoms with Gasteiger partial charge >= 0.3 is 0 Å². The maximum Gasteiger partial charge on any atom is 0.243 e. The molecule has 4 nitrogen and oxygen atoms in total. The van der Waals surface area contributed by atoms with Gasteiger partial charge < -0.3 is 0 Å². The molecule has 0 aromatic heterocycles. The molecule has 1 aromatic carbocycles. The van der Waals surface area contributed by atoms with Gasteiger partial charge in [0.05, 0.1) is 11.1 Å². The summed E-state index contributed by atoms with van der Waals surface area (Å²) in [6.45, 7) is 0. The molecule has 0 heterocycles. The van der Waals surface area contributed by atoms with Crippen LogP contribution in [-0.2, 0) is 10.0 Å². The van der Waals surface area contributed by atoms with Gasteiger partial charge in [0.1, 0.15) is 10.9 Å². The number of benzene rings is 1. The zero-order valence-electron chi connectivity index (χ0n) is 11.4. The first-order chi connectivity index (χ1) is 9.94. The van der Waals surface area contributed by atoms with Crippen molar-refractivity contribution in [1.82, 2.24) is 4.72 Å². The van der Waals surface area contributed by atoms with Crippen LogP contribution < -0.4 is 4.72 Å². The largest absolute Gasteiger partial charge is 0.243 e. The fourth-order valence-electron chi connectivity index (χ4n) is 2.61. The summed E-state index contributed by atoms with van der Waals surface area (Å²) in [4.78, 5) is -0.0901. The lowest BCUT2D eigenvalue weighted by Gasteiger charge is -2.26. The number of nitrogens with one attached hydrogen (secondary N) is 1. The van der Waals surface area contributed by atoms with Crippen LogP contribution in [0.15, 0.2) is 23.1 Å². The van der Waals surface area contributed by atoms with Crippen LogP contribution in [-0.4, -0.2) is 14.5 Å². The highest BCUT2D eigenvalue weighted by Crippen LogP contribution is 2.29. The molecule has 0 radical (unpaired) electrons. The lowest BCUT2D eigenvalue weighted by molar-refractivity contribution is 0.324. The predicted octanol–water partition coefficient (Wildman–Crippen LogP) is 3.74. The van der Waals surface area contributed by atoms with Crippen molar-refractivity contribution in [2.75, 3.05) is 0 Å². The quantitative estimate of drug-likeness (QED) is 0.902. The normalized spacial score (nSPS) is 18.1. The molecule has 7 heteroatoms. The minimum absolute atomic E-state index is 0.0523. The second-order valence-electron chi connectivity index (χ2n) is 5.20. The highest BCUT2D eigenvalue weighted by atomic mass is 35.5. The molecular weight excluding hydrogens is 331 g/mol. The molecule has 114 valence electrons. The van der Waals surface area contributed by atoms with Crippen LogP contribution in [0.2, 0.25) is 10.0 Å². The van der Waals surface area contributed by atoms with E-state index in [1.807, 2.05) is 0 Å². The Morgan fingerprint density at radius 2 is 1.90 bits per heavy atom. The lowest BCUT2D eigenvalue weighted by Crippen LogP contribution is -2.40. The number of nitriles is 1. The summed E-state index contributed by atoms with van der Waals surface area (Å²) in [7, 11) is -3.86. The summed E-state index contributed by atoms with van der Waals surface area (Å²) in [5, 5.41) is 9.65. The first-order valence-corrected chi connectivity index (χ1v) is 9.05. The van der Waals surface area contributed by atoms with Crippen molar-refractivity contribution in [3.8, 4) is 6.07 Å². The van der Waals surface area contributed by atoms with Crippen molar-refractivity contribution in [2.45, 2.75) is 43.0 Å². The number of hydrogen-bond donors (Lipinski definition) is 1. The Bertz CT molecular complexity index is 649. The molecule has 0 saturated heterocycles. The van der Waals surface area contributed by atoms with E-state index in [1.54, 1.807) is 0 Å². The van der Waals surface area contributed by atoms with Gasteiger partial charge in [-0.1, -0.05) is 42.5 Å². The smallest absolute Gasteiger partial charge is 0.207 e. The van der Waals surface area contributed by atoms with E-state index in [9.17, 15) is 13.7 Å². The van der Waals surface area contributed by atoms with Crippen molar-refractivity contribution in [3.05, 3.63) is 28.2 Å². The van der Waals surface area contributed by atoms with E-state index in [2.05, 4.69) is 10.8 Å². The fourth-order valence-corrected chi connectivity index (χ4v) is 4.58. The number of halogens is 2. The zero-order chi connectivity index (χ0) is 15.5. The SMILES string of the molecule is N#CC(NS(=O)(=O)c1cc(Cl)ccc1Cl)C1CCCCC1. The molecular formula is C14H16Cl2N2O2S. The molecule has 1 aliphatic carbocycles. The van der Waals surface area contributed by atoms with Crippen LogP contribution in [0.3, 0.4) is 0 Å². The zero-order valence-corrected chi connectivity index (χ0v) is 13.7. The van der Waals surface area contributed by atoms with Crippen molar-refractivity contribution >= 4 is 33.2 Å². The molecule has 1 fully saturated rings. The van der Waals surface area contributed by atoms with Gasteiger partial charge in [-0.05, 0) is 37.0 Å². The Labute approximate surface area is 135 Å². The van der Waals surface area contributed by atoms with E-state index in [0.717, 1.165) is 32.1 Å². The average Bonchev–Trinajstić information content (AvgIpc) is 2.48. The molecule has 21 heavy (non-hydrogen) atoms. The van der Waals surface area contributed by atoms with Gasteiger partial charge in [-0.2, -0.15) is 9.98 Å². The topological polar surface area (TPSA) is 70.0 Å². The van der Waals surface area contributed by atoms with Gasteiger partial charge in [-0.3, -0.25) is 0 Å². The van der Waals surface area contributed by atoms with Crippen molar-refractivity contribution in [3.63, 3.8) is 0 Å². The molecule has 1 aromatic rings. The van der Waals surface area contributed by atoms with E-state index in [-0.39, 0.29) is 20.9 Å². The van der Waals surface area contributed by atoms with E-state index in [4.69, 9.17) is 23.2 Å². The summed E-state index contributed by atoms with van der Waals surface area (Å²) >= 11 is 11.8. The number of hydrogen-bond acceptors (Lipinski definition) is 3. The third-order valence-corrected chi connectivity index (χ3v) is 5.88. The summed E-state index contributed by atoms with van der Waals surface area (Å²) in [6, 6.07) is 5.58. The first kappa shape index (κ1) is 16.6.